The third kappa shape index (κ3) is 5.24. The molecule has 0 saturated carbocycles. The molecule has 1 N–H and O–H groups in total. The number of esters is 2. The molecule has 1 atom stereocenters. The first-order valence-corrected chi connectivity index (χ1v) is 9.43. The molecule has 0 spiro atoms. The van der Waals surface area contributed by atoms with Gasteiger partial charge < -0.3 is 19.5 Å². The van der Waals surface area contributed by atoms with Gasteiger partial charge in [0.2, 0.25) is 0 Å². The highest BCUT2D eigenvalue weighted by Crippen LogP contribution is 2.40. The Bertz CT molecular complexity index is 902. The van der Waals surface area contributed by atoms with Crippen LogP contribution >= 0.6 is 0 Å². The second-order valence-electron chi connectivity index (χ2n) is 7.29. The summed E-state index contributed by atoms with van der Waals surface area (Å²) < 4.78 is 15.5. The lowest BCUT2D eigenvalue weighted by Crippen LogP contribution is -2.32. The standard InChI is InChI=1S/C21H26N2O7/c1-12(2)10-29-11-30-21(25)18-14(4)22-13(3)17(20(24)28-5)19(18)15-7-6-8-16(9-15)23(26)27/h6-9,12,19,22H,10-11H2,1-5H3. The van der Waals surface area contributed by atoms with Gasteiger partial charge in [-0.1, -0.05) is 26.0 Å². The predicted molar refractivity (Wildman–Crippen MR) is 108 cm³/mol. The van der Waals surface area contributed by atoms with Crippen LogP contribution < -0.4 is 5.32 Å². The first-order chi connectivity index (χ1) is 14.2. The Hall–Kier alpha value is -3.20. The van der Waals surface area contributed by atoms with Crippen LogP contribution in [0.5, 0.6) is 0 Å². The number of nitrogens with one attached hydrogen (secondary N) is 1. The van der Waals surface area contributed by atoms with Gasteiger partial charge in [-0.3, -0.25) is 10.1 Å². The second kappa shape index (κ2) is 10.0. The summed E-state index contributed by atoms with van der Waals surface area (Å²) in [6.45, 7) is 7.46. The van der Waals surface area contributed by atoms with E-state index in [1.807, 2.05) is 13.8 Å². The highest BCUT2D eigenvalue weighted by atomic mass is 16.7. The third-order valence-corrected chi connectivity index (χ3v) is 4.52. The van der Waals surface area contributed by atoms with Gasteiger partial charge in [0.25, 0.3) is 5.69 Å². The molecule has 0 aromatic heterocycles. The van der Waals surface area contributed by atoms with Gasteiger partial charge in [-0.2, -0.15) is 0 Å². The maximum Gasteiger partial charge on any atom is 0.338 e. The molecule has 162 valence electrons. The van der Waals surface area contributed by atoms with Crippen LogP contribution in [-0.2, 0) is 23.8 Å². The minimum atomic E-state index is -0.892. The zero-order valence-corrected chi connectivity index (χ0v) is 17.7. The van der Waals surface area contributed by atoms with Crippen molar-refractivity contribution in [3.63, 3.8) is 0 Å². The number of ether oxygens (including phenoxy) is 3. The molecular formula is C21H26N2O7. The zero-order valence-electron chi connectivity index (χ0n) is 17.7. The molecule has 0 saturated heterocycles. The fourth-order valence-corrected chi connectivity index (χ4v) is 3.25. The molecule has 1 unspecified atom stereocenters. The van der Waals surface area contributed by atoms with Crippen molar-refractivity contribution in [2.45, 2.75) is 33.6 Å². The molecule has 9 nitrogen and oxygen atoms in total. The molecule has 0 bridgehead atoms. The lowest BCUT2D eigenvalue weighted by molar-refractivity contribution is -0.384. The number of nitro benzene ring substituents is 1. The summed E-state index contributed by atoms with van der Waals surface area (Å²) in [5, 5.41) is 14.3. The van der Waals surface area contributed by atoms with Crippen molar-refractivity contribution in [2.75, 3.05) is 20.5 Å². The quantitative estimate of drug-likeness (QED) is 0.225. The number of nitro groups is 1. The Morgan fingerprint density at radius 1 is 1.17 bits per heavy atom. The van der Waals surface area contributed by atoms with E-state index in [1.54, 1.807) is 19.9 Å². The third-order valence-electron chi connectivity index (χ3n) is 4.52. The van der Waals surface area contributed by atoms with Crippen molar-refractivity contribution in [1.29, 1.82) is 0 Å². The Kier molecular flexibility index (Phi) is 7.71. The number of non-ortho nitro benzene ring substituents is 1. The second-order valence-corrected chi connectivity index (χ2v) is 7.29. The molecule has 1 aliphatic rings. The molecule has 1 aliphatic heterocycles. The van der Waals surface area contributed by atoms with Gasteiger partial charge in [-0.05, 0) is 25.3 Å². The summed E-state index contributed by atoms with van der Waals surface area (Å²) in [4.78, 5) is 36.2. The van der Waals surface area contributed by atoms with E-state index in [1.165, 1.54) is 25.3 Å². The van der Waals surface area contributed by atoms with Crippen LogP contribution in [0.25, 0.3) is 0 Å². The largest absolute Gasteiger partial charge is 0.466 e. The summed E-state index contributed by atoms with van der Waals surface area (Å²) >= 11 is 0. The van der Waals surface area contributed by atoms with Gasteiger partial charge in [0.15, 0.2) is 6.79 Å². The summed E-state index contributed by atoms with van der Waals surface area (Å²) in [5.74, 6) is -1.95. The van der Waals surface area contributed by atoms with Crippen LogP contribution in [0.4, 0.5) is 5.69 Å². The topological polar surface area (TPSA) is 117 Å². The van der Waals surface area contributed by atoms with E-state index in [-0.39, 0.29) is 29.5 Å². The average molecular weight is 418 g/mol. The molecule has 9 heteroatoms. The van der Waals surface area contributed by atoms with Gasteiger partial charge in [0.1, 0.15) is 0 Å². The monoisotopic (exact) mass is 418 g/mol. The number of carbonyl (C=O) groups excluding carboxylic acids is 2. The molecule has 1 aromatic rings. The number of rotatable bonds is 8. The lowest BCUT2D eigenvalue weighted by atomic mass is 9.80. The average Bonchev–Trinajstić information content (AvgIpc) is 2.69. The minimum absolute atomic E-state index is 0.154. The molecule has 0 fully saturated rings. The minimum Gasteiger partial charge on any atom is -0.466 e. The molecule has 0 amide bonds. The Morgan fingerprint density at radius 2 is 1.80 bits per heavy atom. The molecule has 2 rings (SSSR count). The molecule has 30 heavy (non-hydrogen) atoms. The van der Waals surface area contributed by atoms with Gasteiger partial charge in [-0.15, -0.1) is 0 Å². The summed E-state index contributed by atoms with van der Waals surface area (Å²) in [5.41, 5.74) is 1.56. The van der Waals surface area contributed by atoms with E-state index >= 15 is 0 Å². The SMILES string of the molecule is COC(=O)C1=C(C)NC(C)=C(C(=O)OCOCC(C)C)C1c1cccc([N+](=O)[O-])c1. The number of dihydropyridines is 1. The van der Waals surface area contributed by atoms with E-state index in [9.17, 15) is 19.7 Å². The number of hydrogen-bond donors (Lipinski definition) is 1. The highest BCUT2D eigenvalue weighted by molar-refractivity contribution is 5.99. The molecule has 0 radical (unpaired) electrons. The van der Waals surface area contributed by atoms with Crippen LogP contribution in [0.15, 0.2) is 46.8 Å². The van der Waals surface area contributed by atoms with Crippen molar-refractivity contribution < 1.29 is 28.7 Å². The van der Waals surface area contributed by atoms with Crippen molar-refractivity contribution in [2.24, 2.45) is 5.92 Å². The van der Waals surface area contributed by atoms with Crippen LogP contribution in [0, 0.1) is 16.0 Å². The van der Waals surface area contributed by atoms with Gasteiger partial charge in [-0.25, -0.2) is 9.59 Å². The predicted octanol–water partition coefficient (Wildman–Crippen LogP) is 3.18. The van der Waals surface area contributed by atoms with Crippen molar-refractivity contribution >= 4 is 17.6 Å². The maximum absolute atomic E-state index is 12.9. The normalized spacial score (nSPS) is 16.4. The zero-order chi connectivity index (χ0) is 22.4. The van der Waals surface area contributed by atoms with E-state index in [0.717, 1.165) is 0 Å². The summed E-state index contributed by atoms with van der Waals surface area (Å²) in [6, 6.07) is 5.80. The number of methoxy groups -OCH3 is 1. The van der Waals surface area contributed by atoms with E-state index in [0.29, 0.717) is 23.6 Å². The number of nitrogens with zero attached hydrogens (tertiary/aromatic N) is 1. The lowest BCUT2D eigenvalue weighted by Gasteiger charge is -2.30. The van der Waals surface area contributed by atoms with Gasteiger partial charge >= 0.3 is 11.9 Å². The fraction of sp³-hybridized carbons (Fsp3) is 0.429. The number of benzene rings is 1. The Morgan fingerprint density at radius 3 is 2.37 bits per heavy atom. The van der Waals surface area contributed by atoms with Crippen molar-refractivity contribution in [3.05, 3.63) is 62.5 Å². The van der Waals surface area contributed by atoms with Crippen LogP contribution in [0.3, 0.4) is 0 Å². The fourth-order valence-electron chi connectivity index (χ4n) is 3.25. The molecule has 0 aliphatic carbocycles. The van der Waals surface area contributed by atoms with Crippen LogP contribution in [0.2, 0.25) is 0 Å². The van der Waals surface area contributed by atoms with Crippen molar-refractivity contribution in [3.8, 4) is 0 Å². The van der Waals surface area contributed by atoms with Crippen LogP contribution in [-0.4, -0.2) is 37.4 Å². The first-order valence-electron chi connectivity index (χ1n) is 9.43. The molecule has 1 aromatic carbocycles. The maximum atomic E-state index is 12.9. The summed E-state index contributed by atoms with van der Waals surface area (Å²) in [6.07, 6.45) is 0. The smallest absolute Gasteiger partial charge is 0.338 e. The Labute approximate surface area is 174 Å². The van der Waals surface area contributed by atoms with Gasteiger partial charge in [0.05, 0.1) is 35.7 Å². The number of hydrogen-bond acceptors (Lipinski definition) is 8. The van der Waals surface area contributed by atoms with Crippen LogP contribution in [0.1, 0.15) is 39.2 Å². The first kappa shape index (κ1) is 23.1. The van der Waals surface area contributed by atoms with Crippen molar-refractivity contribution in [1.82, 2.24) is 5.32 Å². The van der Waals surface area contributed by atoms with E-state index in [2.05, 4.69) is 5.32 Å². The summed E-state index contributed by atoms with van der Waals surface area (Å²) in [7, 11) is 1.23. The number of allylic oxidation sites excluding steroid dienone is 2. The highest BCUT2D eigenvalue weighted by Gasteiger charge is 2.38. The van der Waals surface area contributed by atoms with E-state index in [4.69, 9.17) is 14.2 Å². The van der Waals surface area contributed by atoms with E-state index < -0.39 is 22.8 Å². The Balaban J connectivity index is 2.48. The molecule has 1 heterocycles. The number of carbonyl (C=O) groups is 2. The van der Waals surface area contributed by atoms with Gasteiger partial charge in [0, 0.05) is 23.5 Å². The molecular weight excluding hydrogens is 392 g/mol.